The van der Waals surface area contributed by atoms with Crippen LogP contribution in [0.25, 0.3) is 0 Å². The van der Waals surface area contributed by atoms with Gasteiger partial charge in [0.05, 0.1) is 7.11 Å². The van der Waals surface area contributed by atoms with Gasteiger partial charge in [-0.1, -0.05) is 0 Å². The molecule has 0 aliphatic carbocycles. The molecule has 0 radical (unpaired) electrons. The van der Waals surface area contributed by atoms with E-state index in [9.17, 15) is 13.8 Å². The normalized spacial score (nSPS) is 16.0. The van der Waals surface area contributed by atoms with Crippen molar-refractivity contribution >= 4 is 22.5 Å². The van der Waals surface area contributed by atoms with Gasteiger partial charge in [-0.05, 0) is 61.4 Å². The number of piperidine rings is 1. The molecule has 5 nitrogen and oxygen atoms in total. The Labute approximate surface area is 161 Å². The van der Waals surface area contributed by atoms with Crippen molar-refractivity contribution in [3.05, 3.63) is 59.7 Å². The predicted molar refractivity (Wildman–Crippen MR) is 105 cm³/mol. The SMILES string of the molecule is COc1ccc(C(=O)C2CCN(C(=O)c3ccc(S(C)=O)cc3)CC2)cc1. The number of rotatable bonds is 5. The third-order valence-corrected chi connectivity index (χ3v) is 5.90. The fraction of sp³-hybridized carbons (Fsp3) is 0.333. The fourth-order valence-electron chi connectivity index (χ4n) is 3.31. The molecule has 2 aromatic carbocycles. The number of carbonyl (C=O) groups excluding carboxylic acids is 2. The Morgan fingerprint density at radius 3 is 2.04 bits per heavy atom. The maximum absolute atomic E-state index is 12.7. The molecule has 0 bridgehead atoms. The minimum atomic E-state index is -1.06. The Balaban J connectivity index is 1.59. The monoisotopic (exact) mass is 385 g/mol. The van der Waals surface area contributed by atoms with Crippen LogP contribution in [0.3, 0.4) is 0 Å². The Hall–Kier alpha value is -2.47. The summed E-state index contributed by atoms with van der Waals surface area (Å²) in [6.07, 6.45) is 2.93. The van der Waals surface area contributed by atoms with E-state index in [0.29, 0.717) is 42.0 Å². The summed E-state index contributed by atoms with van der Waals surface area (Å²) in [5, 5.41) is 0. The third kappa shape index (κ3) is 4.45. The molecule has 1 unspecified atom stereocenters. The first kappa shape index (κ1) is 19.3. The summed E-state index contributed by atoms with van der Waals surface area (Å²) in [6.45, 7) is 1.12. The van der Waals surface area contributed by atoms with Crippen molar-refractivity contribution < 1.29 is 18.5 Å². The number of hydrogen-bond acceptors (Lipinski definition) is 4. The van der Waals surface area contributed by atoms with Crippen LogP contribution >= 0.6 is 0 Å². The number of ketones is 1. The first-order valence-electron chi connectivity index (χ1n) is 8.90. The molecule has 1 aliphatic heterocycles. The lowest BCUT2D eigenvalue weighted by molar-refractivity contribution is 0.0650. The molecular formula is C21H23NO4S. The quantitative estimate of drug-likeness (QED) is 0.742. The molecule has 0 N–H and O–H groups in total. The molecular weight excluding hydrogens is 362 g/mol. The van der Waals surface area contributed by atoms with Crippen LogP contribution in [0.5, 0.6) is 5.75 Å². The highest BCUT2D eigenvalue weighted by Gasteiger charge is 2.28. The molecule has 3 rings (SSSR count). The number of Topliss-reactive ketones (excluding diaryl/α,β-unsaturated/α-hetero) is 1. The molecule has 6 heteroatoms. The average molecular weight is 385 g/mol. The van der Waals surface area contributed by atoms with Crippen LogP contribution < -0.4 is 4.74 Å². The van der Waals surface area contributed by atoms with Crippen LogP contribution in [0.2, 0.25) is 0 Å². The fourth-order valence-corrected chi connectivity index (χ4v) is 3.83. The Morgan fingerprint density at radius 2 is 1.52 bits per heavy atom. The van der Waals surface area contributed by atoms with E-state index < -0.39 is 10.8 Å². The summed E-state index contributed by atoms with van der Waals surface area (Å²) in [5.41, 5.74) is 1.27. The minimum absolute atomic E-state index is 0.0428. The highest BCUT2D eigenvalue weighted by atomic mass is 32.2. The third-order valence-electron chi connectivity index (χ3n) is 4.96. The number of hydrogen-bond donors (Lipinski definition) is 0. The molecule has 1 heterocycles. The topological polar surface area (TPSA) is 63.7 Å². The first-order chi connectivity index (χ1) is 13.0. The molecule has 1 aliphatic rings. The van der Waals surface area contributed by atoms with E-state index in [1.807, 2.05) is 0 Å². The molecule has 0 saturated carbocycles. The molecule has 1 saturated heterocycles. The number of methoxy groups -OCH3 is 1. The van der Waals surface area contributed by atoms with E-state index in [0.717, 1.165) is 5.75 Å². The zero-order valence-electron chi connectivity index (χ0n) is 15.5. The van der Waals surface area contributed by atoms with Crippen LogP contribution in [0.4, 0.5) is 0 Å². The van der Waals surface area contributed by atoms with Gasteiger partial charge in [0.25, 0.3) is 5.91 Å². The zero-order chi connectivity index (χ0) is 19.4. The molecule has 1 fully saturated rings. The summed E-state index contributed by atoms with van der Waals surface area (Å²) < 4.78 is 16.6. The average Bonchev–Trinajstić information content (AvgIpc) is 2.73. The number of benzene rings is 2. The highest BCUT2D eigenvalue weighted by molar-refractivity contribution is 7.84. The first-order valence-corrected chi connectivity index (χ1v) is 10.5. The maximum Gasteiger partial charge on any atom is 0.253 e. The van der Waals surface area contributed by atoms with E-state index in [1.165, 1.54) is 0 Å². The summed E-state index contributed by atoms with van der Waals surface area (Å²) in [6, 6.07) is 14.0. The van der Waals surface area contributed by atoms with Gasteiger partial charge in [0.2, 0.25) is 0 Å². The van der Waals surface area contributed by atoms with E-state index in [2.05, 4.69) is 0 Å². The number of carbonyl (C=O) groups is 2. The van der Waals surface area contributed by atoms with Crippen molar-refractivity contribution in [1.29, 1.82) is 0 Å². The Kier molecular flexibility index (Phi) is 6.06. The van der Waals surface area contributed by atoms with Crippen molar-refractivity contribution in [2.45, 2.75) is 17.7 Å². The lowest BCUT2D eigenvalue weighted by atomic mass is 9.88. The van der Waals surface area contributed by atoms with Gasteiger partial charge >= 0.3 is 0 Å². The second-order valence-corrected chi connectivity index (χ2v) is 8.02. The maximum atomic E-state index is 12.7. The van der Waals surface area contributed by atoms with Crippen molar-refractivity contribution in [2.75, 3.05) is 26.5 Å². The molecule has 27 heavy (non-hydrogen) atoms. The second-order valence-electron chi connectivity index (χ2n) is 6.64. The number of likely N-dealkylation sites (tertiary alicyclic amines) is 1. The van der Waals surface area contributed by atoms with Gasteiger partial charge in [0, 0.05) is 52.1 Å². The lowest BCUT2D eigenvalue weighted by Gasteiger charge is -2.31. The standard InChI is InChI=1S/C21H23NO4S/c1-26-18-7-3-15(4-8-18)20(23)16-11-13-22(14-12-16)21(24)17-5-9-19(10-6-17)27(2)25/h3-10,16H,11-14H2,1-2H3. The Morgan fingerprint density at radius 1 is 0.963 bits per heavy atom. The molecule has 142 valence electrons. The Bertz CT molecular complexity index is 837. The molecule has 1 amide bonds. The van der Waals surface area contributed by atoms with E-state index >= 15 is 0 Å². The van der Waals surface area contributed by atoms with Gasteiger partial charge in [0.15, 0.2) is 5.78 Å². The highest BCUT2D eigenvalue weighted by Crippen LogP contribution is 2.24. The molecule has 0 spiro atoms. The summed E-state index contributed by atoms with van der Waals surface area (Å²) >= 11 is 0. The second kappa shape index (κ2) is 8.48. The molecule has 1 atom stereocenters. The summed E-state index contributed by atoms with van der Waals surface area (Å²) in [5.74, 6) is 0.746. The van der Waals surface area contributed by atoms with Crippen LogP contribution in [0.1, 0.15) is 33.6 Å². The number of nitrogens with zero attached hydrogens (tertiary/aromatic N) is 1. The van der Waals surface area contributed by atoms with Crippen molar-refractivity contribution in [2.24, 2.45) is 5.92 Å². The van der Waals surface area contributed by atoms with Gasteiger partial charge in [-0.2, -0.15) is 0 Å². The van der Waals surface area contributed by atoms with Crippen LogP contribution in [0, 0.1) is 5.92 Å². The van der Waals surface area contributed by atoms with E-state index in [-0.39, 0.29) is 17.6 Å². The van der Waals surface area contributed by atoms with E-state index in [1.54, 1.807) is 66.8 Å². The minimum Gasteiger partial charge on any atom is -0.497 e. The zero-order valence-corrected chi connectivity index (χ0v) is 16.3. The van der Waals surface area contributed by atoms with E-state index in [4.69, 9.17) is 4.74 Å². The number of ether oxygens (including phenoxy) is 1. The lowest BCUT2D eigenvalue weighted by Crippen LogP contribution is -2.40. The van der Waals surface area contributed by atoms with Crippen molar-refractivity contribution in [3.8, 4) is 5.75 Å². The van der Waals surface area contributed by atoms with Crippen LogP contribution in [0.15, 0.2) is 53.4 Å². The van der Waals surface area contributed by atoms with Gasteiger partial charge in [-0.3, -0.25) is 13.8 Å². The summed E-state index contributed by atoms with van der Waals surface area (Å²) in [4.78, 5) is 27.8. The largest absolute Gasteiger partial charge is 0.497 e. The van der Waals surface area contributed by atoms with Gasteiger partial charge in [-0.15, -0.1) is 0 Å². The van der Waals surface area contributed by atoms with Crippen LogP contribution in [-0.2, 0) is 10.8 Å². The van der Waals surface area contributed by atoms with Crippen LogP contribution in [-0.4, -0.2) is 47.3 Å². The molecule has 0 aromatic heterocycles. The molecule has 2 aromatic rings. The predicted octanol–water partition coefficient (Wildman–Crippen LogP) is 3.17. The van der Waals surface area contributed by atoms with Crippen molar-refractivity contribution in [1.82, 2.24) is 4.90 Å². The van der Waals surface area contributed by atoms with Crippen molar-refractivity contribution in [3.63, 3.8) is 0 Å². The van der Waals surface area contributed by atoms with Gasteiger partial charge in [0.1, 0.15) is 5.75 Å². The number of amides is 1. The van der Waals surface area contributed by atoms with Gasteiger partial charge in [-0.25, -0.2) is 0 Å². The smallest absolute Gasteiger partial charge is 0.253 e. The summed E-state index contributed by atoms with van der Waals surface area (Å²) in [7, 11) is 0.540. The van der Waals surface area contributed by atoms with Gasteiger partial charge < -0.3 is 9.64 Å².